The lowest BCUT2D eigenvalue weighted by Crippen LogP contribution is -2.57. The Hall–Kier alpha value is -2.04. The maximum atomic E-state index is 14.3. The zero-order valence-corrected chi connectivity index (χ0v) is 17.6. The molecule has 3 aliphatic carbocycles. The Balaban J connectivity index is 1.46. The number of fused-ring (bicyclic) bond motifs is 5. The van der Waals surface area contributed by atoms with E-state index in [1.54, 1.807) is 6.08 Å². The summed E-state index contributed by atoms with van der Waals surface area (Å²) < 4.78 is 28.7. The van der Waals surface area contributed by atoms with Gasteiger partial charge in [0.2, 0.25) is 0 Å². The first-order chi connectivity index (χ1) is 14.3. The van der Waals surface area contributed by atoms with E-state index in [4.69, 9.17) is 0 Å². The fourth-order valence-corrected chi connectivity index (χ4v) is 7.48. The first-order valence-electron chi connectivity index (χ1n) is 11.2. The van der Waals surface area contributed by atoms with Gasteiger partial charge in [0.25, 0.3) is 0 Å². The van der Waals surface area contributed by atoms with Crippen LogP contribution in [0, 0.1) is 46.1 Å². The molecule has 2 saturated carbocycles. The molecule has 3 fully saturated rings. The van der Waals surface area contributed by atoms with Gasteiger partial charge in [0, 0.05) is 36.1 Å². The molecule has 1 aromatic rings. The first kappa shape index (κ1) is 19.9. The Morgan fingerprint density at radius 2 is 1.80 bits per heavy atom. The molecule has 160 valence electrons. The number of hydrogen-bond acceptors (Lipinski definition) is 3. The molecule has 30 heavy (non-hydrogen) atoms. The van der Waals surface area contributed by atoms with Gasteiger partial charge >= 0.3 is 0 Å². The van der Waals surface area contributed by atoms with Gasteiger partial charge in [0.15, 0.2) is 11.6 Å². The Kier molecular flexibility index (Phi) is 4.46. The number of ketones is 2. The van der Waals surface area contributed by atoms with Gasteiger partial charge in [-0.05, 0) is 67.4 Å². The number of carbonyl (C=O) groups excluding carboxylic acids is 2. The highest BCUT2D eigenvalue weighted by atomic mass is 19.1. The van der Waals surface area contributed by atoms with Crippen LogP contribution in [-0.2, 0) is 4.79 Å². The zero-order valence-electron chi connectivity index (χ0n) is 17.6. The van der Waals surface area contributed by atoms with Gasteiger partial charge in [-0.2, -0.15) is 0 Å². The monoisotopic (exact) mass is 413 g/mol. The summed E-state index contributed by atoms with van der Waals surface area (Å²) in [6, 6.07) is 3.65. The number of allylic oxidation sites excluding steroid dienone is 2. The van der Waals surface area contributed by atoms with E-state index in [1.807, 2.05) is 0 Å². The third-order valence-corrected chi connectivity index (χ3v) is 9.12. The maximum absolute atomic E-state index is 14.3. The zero-order chi connectivity index (χ0) is 21.3. The summed E-state index contributed by atoms with van der Waals surface area (Å²) in [6.45, 7) is 5.26. The van der Waals surface area contributed by atoms with E-state index in [0.717, 1.165) is 37.9 Å². The third kappa shape index (κ3) is 2.66. The fourth-order valence-electron chi connectivity index (χ4n) is 7.48. The van der Waals surface area contributed by atoms with Crippen molar-refractivity contribution in [2.45, 2.75) is 52.4 Å². The Bertz CT molecular complexity index is 936. The SMILES string of the molecule is C[C@]12CCC(=O)C=C1NCC1C2CC[C@@]2(C)C1CC[C@@H]2C(=O)c1c(F)cccc1F. The molecular formula is C25H29F2NO2. The minimum absolute atomic E-state index is 0.0160. The minimum atomic E-state index is -0.755. The van der Waals surface area contributed by atoms with Gasteiger partial charge in [0.1, 0.15) is 11.6 Å². The van der Waals surface area contributed by atoms with Crippen LogP contribution in [0.2, 0.25) is 0 Å². The molecule has 0 amide bonds. The summed E-state index contributed by atoms with van der Waals surface area (Å²) in [4.78, 5) is 25.2. The van der Waals surface area contributed by atoms with Crippen molar-refractivity contribution in [3.8, 4) is 0 Å². The van der Waals surface area contributed by atoms with Gasteiger partial charge < -0.3 is 5.32 Å². The highest BCUT2D eigenvalue weighted by molar-refractivity contribution is 5.99. The lowest BCUT2D eigenvalue weighted by molar-refractivity contribution is -0.117. The summed E-state index contributed by atoms with van der Waals surface area (Å²) >= 11 is 0. The summed E-state index contributed by atoms with van der Waals surface area (Å²) in [5.41, 5.74) is 0.466. The quantitative estimate of drug-likeness (QED) is 0.689. The molecular weight excluding hydrogens is 384 g/mol. The van der Waals surface area contributed by atoms with Crippen LogP contribution in [0.15, 0.2) is 30.0 Å². The molecule has 1 aromatic carbocycles. The van der Waals surface area contributed by atoms with Crippen LogP contribution in [-0.4, -0.2) is 18.1 Å². The van der Waals surface area contributed by atoms with E-state index in [1.165, 1.54) is 18.2 Å². The van der Waals surface area contributed by atoms with E-state index in [9.17, 15) is 18.4 Å². The maximum Gasteiger partial charge on any atom is 0.172 e. The standard InChI is InChI=1S/C25H29F2NO2/c1-24-11-9-17-15(13-28-21-12-14(29)8-10-25(17,21)2)16(24)6-7-18(24)23(30)22-19(26)4-3-5-20(22)27/h3-5,12,15-18,28H,6-11,13H2,1-2H3/t15?,16?,17?,18-,24+,25-/m1/s1. The molecule has 1 N–H and O–H groups in total. The lowest BCUT2D eigenvalue weighted by Gasteiger charge is -2.58. The predicted molar refractivity (Wildman–Crippen MR) is 110 cm³/mol. The molecule has 1 aliphatic heterocycles. The van der Waals surface area contributed by atoms with Gasteiger partial charge in [-0.15, -0.1) is 0 Å². The van der Waals surface area contributed by atoms with Gasteiger partial charge in [-0.1, -0.05) is 19.9 Å². The van der Waals surface area contributed by atoms with Crippen LogP contribution < -0.4 is 5.32 Å². The second kappa shape index (κ2) is 6.73. The van der Waals surface area contributed by atoms with Crippen LogP contribution in [0.1, 0.15) is 62.7 Å². The molecule has 5 heteroatoms. The summed E-state index contributed by atoms with van der Waals surface area (Å²) in [5.74, 6) is -0.766. The van der Waals surface area contributed by atoms with Crippen molar-refractivity contribution in [1.82, 2.24) is 5.32 Å². The molecule has 6 atom stereocenters. The Morgan fingerprint density at radius 3 is 2.53 bits per heavy atom. The van der Waals surface area contributed by atoms with Crippen LogP contribution in [0.5, 0.6) is 0 Å². The average molecular weight is 414 g/mol. The molecule has 0 spiro atoms. The molecule has 4 aliphatic rings. The van der Waals surface area contributed by atoms with E-state index >= 15 is 0 Å². The van der Waals surface area contributed by atoms with Crippen molar-refractivity contribution in [3.05, 3.63) is 47.2 Å². The van der Waals surface area contributed by atoms with Crippen molar-refractivity contribution >= 4 is 11.6 Å². The fraction of sp³-hybridized carbons (Fsp3) is 0.600. The average Bonchev–Trinajstić information content (AvgIpc) is 3.05. The number of rotatable bonds is 2. The second-order valence-corrected chi connectivity index (χ2v) is 10.3. The number of hydrogen-bond donors (Lipinski definition) is 1. The lowest BCUT2D eigenvalue weighted by atomic mass is 9.49. The first-order valence-corrected chi connectivity index (χ1v) is 11.2. The number of halogens is 2. The van der Waals surface area contributed by atoms with Crippen molar-refractivity contribution in [1.29, 1.82) is 0 Å². The Labute approximate surface area is 176 Å². The van der Waals surface area contributed by atoms with E-state index < -0.39 is 11.6 Å². The van der Waals surface area contributed by atoms with Crippen molar-refractivity contribution in [2.75, 3.05) is 6.54 Å². The summed E-state index contributed by atoms with van der Waals surface area (Å²) in [5, 5.41) is 3.55. The van der Waals surface area contributed by atoms with Crippen molar-refractivity contribution in [2.24, 2.45) is 34.5 Å². The molecule has 3 unspecified atom stereocenters. The molecule has 0 bridgehead atoms. The molecule has 1 heterocycles. The normalized spacial score (nSPS) is 40.0. The highest BCUT2D eigenvalue weighted by Gasteiger charge is 2.60. The van der Waals surface area contributed by atoms with E-state index in [-0.39, 0.29) is 33.9 Å². The molecule has 3 nitrogen and oxygen atoms in total. The van der Waals surface area contributed by atoms with Crippen molar-refractivity contribution in [3.63, 3.8) is 0 Å². The number of Topliss-reactive ketones (excluding diaryl/α,β-unsaturated/α-hetero) is 1. The minimum Gasteiger partial charge on any atom is -0.387 e. The van der Waals surface area contributed by atoms with Crippen LogP contribution in [0.4, 0.5) is 8.78 Å². The number of piperidine rings is 1. The van der Waals surface area contributed by atoms with E-state index in [0.29, 0.717) is 30.6 Å². The Morgan fingerprint density at radius 1 is 1.07 bits per heavy atom. The summed E-state index contributed by atoms with van der Waals surface area (Å²) in [7, 11) is 0. The van der Waals surface area contributed by atoms with E-state index in [2.05, 4.69) is 19.2 Å². The predicted octanol–water partition coefficient (Wildman–Crippen LogP) is 5.06. The van der Waals surface area contributed by atoms with Gasteiger partial charge in [-0.25, -0.2) is 8.78 Å². The second-order valence-electron chi connectivity index (χ2n) is 10.3. The number of benzene rings is 1. The smallest absolute Gasteiger partial charge is 0.172 e. The molecule has 0 aromatic heterocycles. The van der Waals surface area contributed by atoms with Gasteiger partial charge in [-0.3, -0.25) is 9.59 Å². The summed E-state index contributed by atoms with van der Waals surface area (Å²) in [6.07, 6.45) is 6.76. The third-order valence-electron chi connectivity index (χ3n) is 9.12. The van der Waals surface area contributed by atoms with Gasteiger partial charge in [0.05, 0.1) is 5.56 Å². The molecule has 0 radical (unpaired) electrons. The molecule has 5 rings (SSSR count). The van der Waals surface area contributed by atoms with Crippen molar-refractivity contribution < 1.29 is 18.4 Å². The number of carbonyl (C=O) groups is 2. The molecule has 1 saturated heterocycles. The van der Waals surface area contributed by atoms with Crippen LogP contribution in [0.25, 0.3) is 0 Å². The topological polar surface area (TPSA) is 46.2 Å². The van der Waals surface area contributed by atoms with Crippen LogP contribution in [0.3, 0.4) is 0 Å². The number of nitrogens with one attached hydrogen (secondary N) is 1. The highest BCUT2D eigenvalue weighted by Crippen LogP contribution is 2.64. The largest absolute Gasteiger partial charge is 0.387 e. The van der Waals surface area contributed by atoms with Crippen LogP contribution >= 0.6 is 0 Å².